The zero-order valence-corrected chi connectivity index (χ0v) is 13.5. The quantitative estimate of drug-likeness (QED) is 0.898. The maximum Gasteiger partial charge on any atom is 0.244 e. The van der Waals surface area contributed by atoms with Crippen LogP contribution in [0.25, 0.3) is 0 Å². The molecule has 0 bridgehead atoms. The number of hydrogen-bond acceptors (Lipinski definition) is 3. The van der Waals surface area contributed by atoms with Crippen LogP contribution in [0.1, 0.15) is 52.0 Å². The van der Waals surface area contributed by atoms with Crippen LogP contribution in [-0.2, 0) is 10.2 Å². The van der Waals surface area contributed by atoms with E-state index in [4.69, 9.17) is 10.5 Å². The summed E-state index contributed by atoms with van der Waals surface area (Å²) < 4.78 is 5.35. The van der Waals surface area contributed by atoms with Gasteiger partial charge in [0.2, 0.25) is 5.91 Å². The van der Waals surface area contributed by atoms with Crippen molar-refractivity contribution in [3.05, 3.63) is 23.8 Å². The van der Waals surface area contributed by atoms with Gasteiger partial charge in [-0.1, -0.05) is 39.7 Å². The first-order valence-corrected chi connectivity index (χ1v) is 7.55. The number of carbonyl (C=O) groups excluding carboxylic acids is 1. The van der Waals surface area contributed by atoms with Crippen molar-refractivity contribution in [3.63, 3.8) is 0 Å². The highest BCUT2D eigenvalue weighted by atomic mass is 16.5. The average molecular weight is 290 g/mol. The van der Waals surface area contributed by atoms with Crippen molar-refractivity contribution >= 4 is 11.6 Å². The molecular weight excluding hydrogens is 264 g/mol. The van der Waals surface area contributed by atoms with Crippen molar-refractivity contribution < 1.29 is 9.53 Å². The fourth-order valence-electron chi connectivity index (χ4n) is 2.75. The summed E-state index contributed by atoms with van der Waals surface area (Å²) in [4.78, 5) is 12.5. The molecule has 1 fully saturated rings. The maximum atomic E-state index is 12.5. The van der Waals surface area contributed by atoms with Crippen molar-refractivity contribution in [1.82, 2.24) is 0 Å². The van der Waals surface area contributed by atoms with E-state index in [1.54, 1.807) is 7.11 Å². The van der Waals surface area contributed by atoms with Gasteiger partial charge in [0.15, 0.2) is 0 Å². The van der Waals surface area contributed by atoms with E-state index in [1.165, 1.54) is 0 Å². The zero-order valence-electron chi connectivity index (χ0n) is 13.5. The lowest BCUT2D eigenvalue weighted by Gasteiger charge is -2.25. The van der Waals surface area contributed by atoms with Crippen LogP contribution in [0.4, 0.5) is 5.69 Å². The molecule has 21 heavy (non-hydrogen) atoms. The van der Waals surface area contributed by atoms with Gasteiger partial charge < -0.3 is 15.8 Å². The summed E-state index contributed by atoms with van der Waals surface area (Å²) >= 11 is 0. The number of carbonyl (C=O) groups is 1. The van der Waals surface area contributed by atoms with Crippen molar-refractivity contribution in [2.24, 2.45) is 5.73 Å². The van der Waals surface area contributed by atoms with Gasteiger partial charge in [-0.2, -0.15) is 0 Å². The number of benzene rings is 1. The van der Waals surface area contributed by atoms with E-state index in [1.807, 2.05) is 18.2 Å². The molecule has 0 aliphatic heterocycles. The van der Waals surface area contributed by atoms with Crippen LogP contribution in [-0.4, -0.2) is 18.6 Å². The van der Waals surface area contributed by atoms with E-state index >= 15 is 0 Å². The predicted molar refractivity (Wildman–Crippen MR) is 85.7 cm³/mol. The summed E-state index contributed by atoms with van der Waals surface area (Å²) in [6, 6.07) is 5.91. The SMILES string of the molecule is COc1ccc(C(C)(C)C)cc1NC(=O)C1(N)CCCC1. The lowest BCUT2D eigenvalue weighted by molar-refractivity contribution is -0.121. The minimum absolute atomic E-state index is 0.0134. The van der Waals surface area contributed by atoms with Gasteiger partial charge in [-0.3, -0.25) is 4.79 Å². The van der Waals surface area contributed by atoms with Crippen LogP contribution in [0, 0.1) is 0 Å². The van der Waals surface area contributed by atoms with Gasteiger partial charge in [-0.25, -0.2) is 0 Å². The molecule has 0 heterocycles. The standard InChI is InChI=1S/C17H26N2O2/c1-16(2,3)12-7-8-14(21-4)13(11-12)19-15(20)17(18)9-5-6-10-17/h7-8,11H,5-6,9-10,18H2,1-4H3,(H,19,20). The topological polar surface area (TPSA) is 64.3 Å². The summed E-state index contributed by atoms with van der Waals surface area (Å²) in [7, 11) is 1.61. The molecule has 0 aromatic heterocycles. The average Bonchev–Trinajstić information content (AvgIpc) is 2.86. The highest BCUT2D eigenvalue weighted by Crippen LogP contribution is 2.33. The summed E-state index contributed by atoms with van der Waals surface area (Å²) in [5, 5.41) is 2.97. The third kappa shape index (κ3) is 3.38. The first-order valence-electron chi connectivity index (χ1n) is 7.55. The van der Waals surface area contributed by atoms with Gasteiger partial charge in [-0.15, -0.1) is 0 Å². The van der Waals surface area contributed by atoms with Gasteiger partial charge in [0, 0.05) is 0 Å². The van der Waals surface area contributed by atoms with Crippen LogP contribution in [0.3, 0.4) is 0 Å². The highest BCUT2D eigenvalue weighted by Gasteiger charge is 2.37. The molecule has 0 radical (unpaired) electrons. The van der Waals surface area contributed by atoms with Gasteiger partial charge in [0.25, 0.3) is 0 Å². The molecule has 4 nitrogen and oxygen atoms in total. The third-order valence-corrected chi connectivity index (χ3v) is 4.26. The summed E-state index contributed by atoms with van der Waals surface area (Å²) in [5.74, 6) is 0.558. The normalized spacial score (nSPS) is 17.6. The molecule has 0 unspecified atom stereocenters. The first-order chi connectivity index (χ1) is 9.76. The number of nitrogens with one attached hydrogen (secondary N) is 1. The van der Waals surface area contributed by atoms with Gasteiger partial charge in [0.1, 0.15) is 5.75 Å². The monoisotopic (exact) mass is 290 g/mol. The predicted octanol–water partition coefficient (Wildman–Crippen LogP) is 3.20. The second-order valence-corrected chi connectivity index (χ2v) is 6.98. The molecule has 1 aromatic carbocycles. The van der Waals surface area contributed by atoms with Crippen molar-refractivity contribution in [2.75, 3.05) is 12.4 Å². The second kappa shape index (κ2) is 5.68. The molecule has 3 N–H and O–H groups in total. The Morgan fingerprint density at radius 2 is 1.90 bits per heavy atom. The van der Waals surface area contributed by atoms with Crippen LogP contribution in [0.2, 0.25) is 0 Å². The molecule has 2 rings (SSSR count). The number of ether oxygens (including phenoxy) is 1. The molecule has 1 aromatic rings. The van der Waals surface area contributed by atoms with Gasteiger partial charge in [-0.05, 0) is 36.0 Å². The van der Waals surface area contributed by atoms with E-state index < -0.39 is 5.54 Å². The first kappa shape index (κ1) is 15.8. The molecule has 0 spiro atoms. The minimum atomic E-state index is -0.733. The lowest BCUT2D eigenvalue weighted by atomic mass is 9.86. The zero-order chi connectivity index (χ0) is 15.7. The third-order valence-electron chi connectivity index (χ3n) is 4.26. The van der Waals surface area contributed by atoms with Crippen LogP contribution >= 0.6 is 0 Å². The van der Waals surface area contributed by atoms with E-state index in [0.29, 0.717) is 11.4 Å². The molecule has 116 valence electrons. The van der Waals surface area contributed by atoms with Gasteiger partial charge in [0.05, 0.1) is 18.3 Å². The summed E-state index contributed by atoms with van der Waals surface area (Å²) in [6.07, 6.45) is 3.53. The molecular formula is C17H26N2O2. The molecule has 1 aliphatic carbocycles. The Kier molecular flexibility index (Phi) is 4.28. The Hall–Kier alpha value is -1.55. The molecule has 0 atom stereocenters. The van der Waals surface area contributed by atoms with Crippen LogP contribution in [0.15, 0.2) is 18.2 Å². The number of methoxy groups -OCH3 is 1. The van der Waals surface area contributed by atoms with Crippen LogP contribution in [0.5, 0.6) is 5.75 Å². The Balaban J connectivity index is 2.27. The van der Waals surface area contributed by atoms with Crippen molar-refractivity contribution in [1.29, 1.82) is 0 Å². The molecule has 4 heteroatoms. The molecule has 0 saturated heterocycles. The fourth-order valence-corrected chi connectivity index (χ4v) is 2.75. The lowest BCUT2D eigenvalue weighted by Crippen LogP contribution is -2.48. The van der Waals surface area contributed by atoms with Gasteiger partial charge >= 0.3 is 0 Å². The largest absolute Gasteiger partial charge is 0.495 e. The number of nitrogens with two attached hydrogens (primary N) is 1. The van der Waals surface area contributed by atoms with E-state index in [-0.39, 0.29) is 11.3 Å². The summed E-state index contributed by atoms with van der Waals surface area (Å²) in [6.45, 7) is 6.42. The molecule has 1 aliphatic rings. The Bertz CT molecular complexity index is 526. The summed E-state index contributed by atoms with van der Waals surface area (Å²) in [5.41, 5.74) is 7.34. The fraction of sp³-hybridized carbons (Fsp3) is 0.588. The number of anilines is 1. The number of amides is 1. The molecule has 1 saturated carbocycles. The van der Waals surface area contributed by atoms with E-state index in [9.17, 15) is 4.79 Å². The maximum absolute atomic E-state index is 12.5. The minimum Gasteiger partial charge on any atom is -0.495 e. The van der Waals surface area contributed by atoms with Crippen molar-refractivity contribution in [3.8, 4) is 5.75 Å². The smallest absolute Gasteiger partial charge is 0.244 e. The molecule has 1 amide bonds. The second-order valence-electron chi connectivity index (χ2n) is 6.98. The van der Waals surface area contributed by atoms with Crippen LogP contribution < -0.4 is 15.8 Å². The Morgan fingerprint density at radius 1 is 1.29 bits per heavy atom. The number of rotatable bonds is 3. The van der Waals surface area contributed by atoms with E-state index in [0.717, 1.165) is 31.2 Å². The van der Waals surface area contributed by atoms with E-state index in [2.05, 4.69) is 26.1 Å². The Labute approximate surface area is 127 Å². The highest BCUT2D eigenvalue weighted by molar-refractivity contribution is 5.99. The number of hydrogen-bond donors (Lipinski definition) is 2. The van der Waals surface area contributed by atoms with Crippen molar-refractivity contribution in [2.45, 2.75) is 57.4 Å². The Morgan fingerprint density at radius 3 is 2.43 bits per heavy atom.